The molecule has 0 aliphatic heterocycles. The molecular formula is C20H23N5O3. The van der Waals surface area contributed by atoms with E-state index in [0.717, 1.165) is 23.4 Å². The van der Waals surface area contributed by atoms with Gasteiger partial charge in [-0.05, 0) is 31.5 Å². The number of carbonyl (C=O) groups excluding carboxylic acids is 1. The molecule has 0 saturated heterocycles. The summed E-state index contributed by atoms with van der Waals surface area (Å²) in [5, 5.41) is 6.65. The Kier molecular flexibility index (Phi) is 6.44. The number of ether oxygens (including phenoxy) is 1. The molecular weight excluding hydrogens is 358 g/mol. The standard InChI is InChI=1S/C20H23N5O3/c1-4-16-11-17(23-13(2)22-16)14-6-5-7-15(10-14)20(26)21-12-19-24-18(25-28-19)8-9-27-3/h5-7,10-11H,4,8-9,12H2,1-3H3,(H,21,26). The topological polar surface area (TPSA) is 103 Å². The van der Waals surface area contributed by atoms with E-state index in [1.165, 1.54) is 0 Å². The molecule has 0 spiro atoms. The molecule has 0 aliphatic rings. The van der Waals surface area contributed by atoms with Crippen molar-refractivity contribution in [3.63, 3.8) is 0 Å². The van der Waals surface area contributed by atoms with Gasteiger partial charge in [0.1, 0.15) is 5.82 Å². The number of rotatable bonds is 8. The largest absolute Gasteiger partial charge is 0.384 e. The zero-order valence-electron chi connectivity index (χ0n) is 16.2. The number of nitrogens with zero attached hydrogens (tertiary/aromatic N) is 4. The molecule has 0 radical (unpaired) electrons. The lowest BCUT2D eigenvalue weighted by atomic mass is 10.1. The summed E-state index contributed by atoms with van der Waals surface area (Å²) in [7, 11) is 1.61. The molecule has 0 unspecified atom stereocenters. The third-order valence-electron chi connectivity index (χ3n) is 4.11. The highest BCUT2D eigenvalue weighted by Crippen LogP contribution is 2.20. The first-order valence-corrected chi connectivity index (χ1v) is 9.12. The molecule has 0 atom stereocenters. The second kappa shape index (κ2) is 9.18. The average molecular weight is 381 g/mol. The maximum absolute atomic E-state index is 12.5. The molecule has 8 nitrogen and oxygen atoms in total. The van der Waals surface area contributed by atoms with Gasteiger partial charge in [0.25, 0.3) is 5.91 Å². The fraction of sp³-hybridized carbons (Fsp3) is 0.350. The predicted molar refractivity (Wildman–Crippen MR) is 103 cm³/mol. The van der Waals surface area contributed by atoms with E-state index in [2.05, 4.69) is 25.4 Å². The van der Waals surface area contributed by atoms with Crippen LogP contribution in [0.15, 0.2) is 34.9 Å². The van der Waals surface area contributed by atoms with Crippen LogP contribution in [0.3, 0.4) is 0 Å². The van der Waals surface area contributed by atoms with Crippen molar-refractivity contribution in [2.75, 3.05) is 13.7 Å². The first-order chi connectivity index (χ1) is 13.6. The molecule has 2 heterocycles. The van der Waals surface area contributed by atoms with Crippen molar-refractivity contribution >= 4 is 5.91 Å². The Bertz CT molecular complexity index is 955. The smallest absolute Gasteiger partial charge is 0.251 e. The number of hydrogen-bond acceptors (Lipinski definition) is 7. The first kappa shape index (κ1) is 19.6. The van der Waals surface area contributed by atoms with E-state index in [0.29, 0.717) is 36.1 Å². The van der Waals surface area contributed by atoms with Crippen molar-refractivity contribution in [2.24, 2.45) is 0 Å². The molecule has 1 N–H and O–H groups in total. The second-order valence-electron chi connectivity index (χ2n) is 6.26. The van der Waals surface area contributed by atoms with E-state index < -0.39 is 0 Å². The monoisotopic (exact) mass is 381 g/mol. The summed E-state index contributed by atoms with van der Waals surface area (Å²) in [4.78, 5) is 25.6. The van der Waals surface area contributed by atoms with Crippen LogP contribution in [0, 0.1) is 6.92 Å². The number of carbonyl (C=O) groups is 1. The van der Waals surface area contributed by atoms with Gasteiger partial charge in [0, 0.05) is 30.4 Å². The Labute approximate surface area is 163 Å². The summed E-state index contributed by atoms with van der Waals surface area (Å²) in [5.41, 5.74) is 3.18. The minimum atomic E-state index is -0.222. The van der Waals surface area contributed by atoms with Gasteiger partial charge in [0.2, 0.25) is 5.89 Å². The van der Waals surface area contributed by atoms with Crippen LogP contribution >= 0.6 is 0 Å². The average Bonchev–Trinajstić information content (AvgIpc) is 3.17. The summed E-state index contributed by atoms with van der Waals surface area (Å²) in [6.45, 7) is 4.59. The van der Waals surface area contributed by atoms with Crippen molar-refractivity contribution in [1.82, 2.24) is 25.4 Å². The number of benzene rings is 1. The van der Waals surface area contributed by atoms with Crippen LogP contribution in [0.2, 0.25) is 0 Å². The Morgan fingerprint density at radius 1 is 1.21 bits per heavy atom. The van der Waals surface area contributed by atoms with Crippen molar-refractivity contribution in [3.8, 4) is 11.3 Å². The minimum Gasteiger partial charge on any atom is -0.384 e. The van der Waals surface area contributed by atoms with E-state index in [4.69, 9.17) is 9.26 Å². The molecule has 2 aromatic heterocycles. The molecule has 146 valence electrons. The van der Waals surface area contributed by atoms with E-state index in [-0.39, 0.29) is 12.5 Å². The van der Waals surface area contributed by atoms with Crippen LogP contribution < -0.4 is 5.32 Å². The first-order valence-electron chi connectivity index (χ1n) is 9.12. The molecule has 0 bridgehead atoms. The van der Waals surface area contributed by atoms with E-state index >= 15 is 0 Å². The van der Waals surface area contributed by atoms with Crippen LogP contribution in [0.1, 0.15) is 40.5 Å². The van der Waals surface area contributed by atoms with Gasteiger partial charge in [-0.2, -0.15) is 4.98 Å². The molecule has 0 saturated carbocycles. The molecule has 1 aromatic carbocycles. The van der Waals surface area contributed by atoms with Crippen molar-refractivity contribution in [2.45, 2.75) is 33.2 Å². The van der Waals surface area contributed by atoms with Gasteiger partial charge in [-0.3, -0.25) is 4.79 Å². The van der Waals surface area contributed by atoms with Crippen LogP contribution in [0.5, 0.6) is 0 Å². The maximum Gasteiger partial charge on any atom is 0.251 e. The van der Waals surface area contributed by atoms with Crippen molar-refractivity contribution < 1.29 is 14.1 Å². The van der Waals surface area contributed by atoms with E-state index in [1.807, 2.05) is 38.1 Å². The van der Waals surface area contributed by atoms with E-state index in [9.17, 15) is 4.79 Å². The normalized spacial score (nSPS) is 10.8. The summed E-state index contributed by atoms with van der Waals surface area (Å²) in [5.74, 6) is 1.40. The predicted octanol–water partition coefficient (Wildman–Crippen LogP) is 2.52. The molecule has 3 rings (SSSR count). The molecule has 1 amide bonds. The quantitative estimate of drug-likeness (QED) is 0.639. The zero-order valence-corrected chi connectivity index (χ0v) is 16.2. The van der Waals surface area contributed by atoms with Gasteiger partial charge in [-0.1, -0.05) is 24.2 Å². The lowest BCUT2D eigenvalue weighted by Crippen LogP contribution is -2.23. The third kappa shape index (κ3) is 4.98. The van der Waals surface area contributed by atoms with Crippen LogP contribution in [-0.2, 0) is 24.1 Å². The number of aryl methyl sites for hydroxylation is 2. The Hall–Kier alpha value is -3.13. The highest BCUT2D eigenvalue weighted by atomic mass is 16.5. The summed E-state index contributed by atoms with van der Waals surface area (Å²) < 4.78 is 10.1. The zero-order chi connectivity index (χ0) is 19.9. The number of hydrogen-bond donors (Lipinski definition) is 1. The number of aromatic nitrogens is 4. The van der Waals surface area contributed by atoms with Crippen molar-refractivity contribution in [3.05, 3.63) is 59.1 Å². The van der Waals surface area contributed by atoms with E-state index in [1.54, 1.807) is 13.2 Å². The Balaban J connectivity index is 1.69. The summed E-state index contributed by atoms with van der Waals surface area (Å²) >= 11 is 0. The van der Waals surface area contributed by atoms with Crippen molar-refractivity contribution in [1.29, 1.82) is 0 Å². The van der Waals surface area contributed by atoms with Crippen LogP contribution in [0.25, 0.3) is 11.3 Å². The molecule has 3 aromatic rings. The fourth-order valence-electron chi connectivity index (χ4n) is 2.69. The van der Waals surface area contributed by atoms with Crippen LogP contribution in [-0.4, -0.2) is 39.7 Å². The second-order valence-corrected chi connectivity index (χ2v) is 6.26. The molecule has 8 heteroatoms. The van der Waals surface area contributed by atoms with Crippen LogP contribution in [0.4, 0.5) is 0 Å². The minimum absolute atomic E-state index is 0.162. The Morgan fingerprint density at radius 2 is 2.07 bits per heavy atom. The third-order valence-corrected chi connectivity index (χ3v) is 4.11. The summed E-state index contributed by atoms with van der Waals surface area (Å²) in [6, 6.07) is 9.28. The summed E-state index contributed by atoms with van der Waals surface area (Å²) in [6.07, 6.45) is 1.39. The molecule has 0 aliphatic carbocycles. The van der Waals surface area contributed by atoms with Gasteiger partial charge in [0.05, 0.1) is 18.8 Å². The van der Waals surface area contributed by atoms with Gasteiger partial charge in [-0.25, -0.2) is 9.97 Å². The highest BCUT2D eigenvalue weighted by Gasteiger charge is 2.11. The van der Waals surface area contributed by atoms with Gasteiger partial charge in [-0.15, -0.1) is 0 Å². The number of amides is 1. The fourth-order valence-corrected chi connectivity index (χ4v) is 2.69. The van der Waals surface area contributed by atoms with Gasteiger partial charge < -0.3 is 14.6 Å². The number of methoxy groups -OCH3 is 1. The van der Waals surface area contributed by atoms with Gasteiger partial charge in [0.15, 0.2) is 5.82 Å². The SMILES string of the molecule is CCc1cc(-c2cccc(C(=O)NCc3nc(CCOC)no3)c2)nc(C)n1. The molecule has 28 heavy (non-hydrogen) atoms. The van der Waals surface area contributed by atoms with Gasteiger partial charge >= 0.3 is 0 Å². The highest BCUT2D eigenvalue weighted by molar-refractivity contribution is 5.95. The lowest BCUT2D eigenvalue weighted by Gasteiger charge is -2.07. The Morgan fingerprint density at radius 3 is 2.86 bits per heavy atom. The molecule has 0 fully saturated rings. The lowest BCUT2D eigenvalue weighted by molar-refractivity contribution is 0.0946. The number of nitrogens with one attached hydrogen (secondary N) is 1. The maximum atomic E-state index is 12.5.